The van der Waals surface area contributed by atoms with Crippen LogP contribution in [0.5, 0.6) is 5.75 Å². The van der Waals surface area contributed by atoms with Gasteiger partial charge in [0.2, 0.25) is 11.8 Å². The van der Waals surface area contributed by atoms with Crippen LogP contribution in [0.1, 0.15) is 0 Å². The molecule has 5 nitrogen and oxygen atoms in total. The van der Waals surface area contributed by atoms with E-state index >= 15 is 0 Å². The third-order valence-electron chi connectivity index (χ3n) is 3.49. The van der Waals surface area contributed by atoms with Crippen LogP contribution in [0.3, 0.4) is 0 Å². The summed E-state index contributed by atoms with van der Waals surface area (Å²) in [6.45, 7) is 0. The predicted octanol–water partition coefficient (Wildman–Crippen LogP) is 4.34. The van der Waals surface area contributed by atoms with Gasteiger partial charge in [0, 0.05) is 18.8 Å². The van der Waals surface area contributed by atoms with E-state index in [0.717, 1.165) is 5.69 Å². The lowest BCUT2D eigenvalue weighted by molar-refractivity contribution is -0.115. The Morgan fingerprint density at radius 1 is 1.12 bits per heavy atom. The highest BCUT2D eigenvalue weighted by molar-refractivity contribution is 8.00. The number of anilines is 2. The van der Waals surface area contributed by atoms with Crippen LogP contribution in [-0.4, -0.2) is 37.5 Å². The maximum absolute atomic E-state index is 12.2. The first-order valence-corrected chi connectivity index (χ1v) is 9.55. The molecule has 26 heavy (non-hydrogen) atoms. The van der Waals surface area contributed by atoms with Crippen molar-refractivity contribution in [3.8, 4) is 5.75 Å². The van der Waals surface area contributed by atoms with Crippen LogP contribution < -0.4 is 15.0 Å². The lowest BCUT2D eigenvalue weighted by Gasteiger charge is -2.17. The molecule has 0 saturated carbocycles. The molecule has 0 atom stereocenters. The standard InChI is InChI=1S/C18H18Cl2N2O3S/c1-22(12-6-4-3-5-7-12)18(24)11-26-10-17(23)21-15-9-16(25-2)14(20)8-13(15)19/h3-9H,10-11H2,1-2H3,(H,21,23). The van der Waals surface area contributed by atoms with Crippen molar-refractivity contribution in [3.05, 3.63) is 52.5 Å². The fourth-order valence-corrected chi connectivity index (χ4v) is 3.33. The summed E-state index contributed by atoms with van der Waals surface area (Å²) in [4.78, 5) is 25.8. The Bertz CT molecular complexity index is 788. The molecule has 0 heterocycles. The first-order valence-electron chi connectivity index (χ1n) is 7.64. The molecule has 0 aliphatic heterocycles. The summed E-state index contributed by atoms with van der Waals surface area (Å²) in [5, 5.41) is 3.37. The molecule has 2 amide bonds. The summed E-state index contributed by atoms with van der Waals surface area (Å²) in [5.74, 6) is 0.377. The Morgan fingerprint density at radius 3 is 2.46 bits per heavy atom. The molecule has 0 saturated heterocycles. The number of nitrogens with zero attached hydrogens (tertiary/aromatic N) is 1. The van der Waals surface area contributed by atoms with Crippen molar-refractivity contribution in [2.24, 2.45) is 0 Å². The third kappa shape index (κ3) is 5.56. The van der Waals surface area contributed by atoms with Crippen molar-refractivity contribution >= 4 is 58.2 Å². The van der Waals surface area contributed by atoms with Gasteiger partial charge in [0.1, 0.15) is 5.75 Å². The highest BCUT2D eigenvalue weighted by atomic mass is 35.5. The Morgan fingerprint density at radius 2 is 1.81 bits per heavy atom. The lowest BCUT2D eigenvalue weighted by atomic mass is 10.3. The van der Waals surface area contributed by atoms with E-state index in [0.29, 0.717) is 21.5 Å². The van der Waals surface area contributed by atoms with Gasteiger partial charge in [0.25, 0.3) is 0 Å². The van der Waals surface area contributed by atoms with Gasteiger partial charge < -0.3 is 15.0 Å². The van der Waals surface area contributed by atoms with Crippen molar-refractivity contribution in [3.63, 3.8) is 0 Å². The van der Waals surface area contributed by atoms with Crippen molar-refractivity contribution in [2.75, 3.05) is 35.9 Å². The SMILES string of the molecule is COc1cc(NC(=O)CSCC(=O)N(C)c2ccccc2)c(Cl)cc1Cl. The van der Waals surface area contributed by atoms with E-state index < -0.39 is 0 Å². The number of methoxy groups -OCH3 is 1. The largest absolute Gasteiger partial charge is 0.495 e. The lowest BCUT2D eigenvalue weighted by Crippen LogP contribution is -2.28. The molecule has 1 N–H and O–H groups in total. The second-order valence-electron chi connectivity index (χ2n) is 5.30. The number of carbonyl (C=O) groups is 2. The van der Waals surface area contributed by atoms with E-state index in [4.69, 9.17) is 27.9 Å². The molecule has 2 aromatic rings. The first-order chi connectivity index (χ1) is 12.4. The topological polar surface area (TPSA) is 58.6 Å². The Kier molecular flexibility index (Phi) is 7.63. The zero-order chi connectivity index (χ0) is 19.1. The van der Waals surface area contributed by atoms with Crippen LogP contribution in [0.25, 0.3) is 0 Å². The molecule has 0 fully saturated rings. The summed E-state index contributed by atoms with van der Waals surface area (Å²) in [7, 11) is 3.18. The van der Waals surface area contributed by atoms with Crippen LogP contribution in [0.2, 0.25) is 10.0 Å². The summed E-state index contributed by atoms with van der Waals surface area (Å²) >= 11 is 13.3. The van der Waals surface area contributed by atoms with Crippen LogP contribution >= 0.6 is 35.0 Å². The minimum absolute atomic E-state index is 0.0832. The molecule has 2 aromatic carbocycles. The summed E-state index contributed by atoms with van der Waals surface area (Å²) in [6, 6.07) is 12.4. The Balaban J connectivity index is 1.85. The van der Waals surface area contributed by atoms with E-state index in [9.17, 15) is 9.59 Å². The van der Waals surface area contributed by atoms with E-state index in [1.165, 1.54) is 24.9 Å². The number of thioether (sulfide) groups is 1. The maximum Gasteiger partial charge on any atom is 0.236 e. The number of nitrogens with one attached hydrogen (secondary N) is 1. The highest BCUT2D eigenvalue weighted by Crippen LogP contribution is 2.34. The van der Waals surface area contributed by atoms with Gasteiger partial charge in [-0.2, -0.15) is 0 Å². The van der Waals surface area contributed by atoms with Gasteiger partial charge >= 0.3 is 0 Å². The monoisotopic (exact) mass is 412 g/mol. The summed E-state index contributed by atoms with van der Waals surface area (Å²) < 4.78 is 5.11. The van der Waals surface area contributed by atoms with Gasteiger partial charge in [0.05, 0.1) is 34.3 Å². The van der Waals surface area contributed by atoms with Crippen LogP contribution in [0.4, 0.5) is 11.4 Å². The van der Waals surface area contributed by atoms with Gasteiger partial charge in [-0.25, -0.2) is 0 Å². The zero-order valence-electron chi connectivity index (χ0n) is 14.3. The van der Waals surface area contributed by atoms with Gasteiger partial charge in [-0.05, 0) is 18.2 Å². The number of carbonyl (C=O) groups excluding carboxylic acids is 2. The number of hydrogen-bond acceptors (Lipinski definition) is 4. The fourth-order valence-electron chi connectivity index (χ4n) is 2.09. The third-order valence-corrected chi connectivity index (χ3v) is 5.02. The molecule has 0 bridgehead atoms. The number of halogens is 2. The first kappa shape index (κ1) is 20.4. The zero-order valence-corrected chi connectivity index (χ0v) is 16.6. The fraction of sp³-hybridized carbons (Fsp3) is 0.222. The van der Waals surface area contributed by atoms with Gasteiger partial charge in [-0.3, -0.25) is 9.59 Å². The van der Waals surface area contributed by atoms with E-state index in [2.05, 4.69) is 5.32 Å². The van der Waals surface area contributed by atoms with Crippen molar-refractivity contribution in [1.82, 2.24) is 0 Å². The normalized spacial score (nSPS) is 10.3. The second-order valence-corrected chi connectivity index (χ2v) is 7.10. The van der Waals surface area contributed by atoms with Crippen molar-refractivity contribution in [2.45, 2.75) is 0 Å². The van der Waals surface area contributed by atoms with E-state index in [1.54, 1.807) is 18.0 Å². The van der Waals surface area contributed by atoms with Gasteiger partial charge in [-0.15, -0.1) is 11.8 Å². The Labute approximate surface area is 166 Å². The minimum atomic E-state index is -0.267. The molecule has 0 aromatic heterocycles. The quantitative estimate of drug-likeness (QED) is 0.734. The number of rotatable bonds is 7. The predicted molar refractivity (Wildman–Crippen MR) is 109 cm³/mol. The number of para-hydroxylation sites is 1. The summed E-state index contributed by atoms with van der Waals surface area (Å²) in [6.07, 6.45) is 0. The Hall–Kier alpha value is -1.89. The maximum atomic E-state index is 12.2. The van der Waals surface area contributed by atoms with Gasteiger partial charge in [0.15, 0.2) is 0 Å². The van der Waals surface area contributed by atoms with Crippen LogP contribution in [0, 0.1) is 0 Å². The number of ether oxygens (including phenoxy) is 1. The second kappa shape index (κ2) is 9.71. The average Bonchev–Trinajstić information content (AvgIpc) is 2.64. The van der Waals surface area contributed by atoms with Crippen LogP contribution in [0.15, 0.2) is 42.5 Å². The molecule has 0 aliphatic carbocycles. The smallest absolute Gasteiger partial charge is 0.236 e. The number of hydrogen-bond donors (Lipinski definition) is 1. The molecule has 138 valence electrons. The average molecular weight is 413 g/mol. The molecule has 0 unspecified atom stereocenters. The number of benzene rings is 2. The molecule has 8 heteroatoms. The van der Waals surface area contributed by atoms with Crippen LogP contribution in [-0.2, 0) is 9.59 Å². The number of amides is 2. The molecule has 0 radical (unpaired) electrons. The molecular formula is C18H18Cl2N2O3S. The highest BCUT2D eigenvalue weighted by Gasteiger charge is 2.14. The van der Waals surface area contributed by atoms with Gasteiger partial charge in [-0.1, -0.05) is 41.4 Å². The molecule has 0 aliphatic rings. The van der Waals surface area contributed by atoms with Crippen molar-refractivity contribution < 1.29 is 14.3 Å². The molecule has 2 rings (SSSR count). The minimum Gasteiger partial charge on any atom is -0.495 e. The van der Waals surface area contributed by atoms with E-state index in [1.807, 2.05) is 30.3 Å². The molecule has 0 spiro atoms. The summed E-state index contributed by atoms with van der Waals surface area (Å²) in [5.41, 5.74) is 1.22. The van der Waals surface area contributed by atoms with E-state index in [-0.39, 0.29) is 23.3 Å². The molecular weight excluding hydrogens is 395 g/mol. The van der Waals surface area contributed by atoms with Crippen molar-refractivity contribution in [1.29, 1.82) is 0 Å².